The fraction of sp³-hybridized carbons (Fsp3) is 0.143. The molecule has 1 N–H and O–H groups in total. The maximum Gasteiger partial charge on any atom is 0.163 e. The molecule has 0 aliphatic carbocycles. The van der Waals surface area contributed by atoms with E-state index in [1.165, 1.54) is 5.56 Å². The lowest BCUT2D eigenvalue weighted by molar-refractivity contribution is 0.902. The van der Waals surface area contributed by atoms with Crippen molar-refractivity contribution in [2.75, 3.05) is 11.9 Å². The minimum atomic E-state index is 0.741. The van der Waals surface area contributed by atoms with Crippen LogP contribution in [0.2, 0.25) is 0 Å². The molecule has 124 valence electrons. The fourth-order valence-electron chi connectivity index (χ4n) is 3.06. The topological polar surface area (TPSA) is 44.8 Å². The number of aromatic nitrogens is 3. The van der Waals surface area contributed by atoms with Crippen molar-refractivity contribution in [3.8, 4) is 11.4 Å². The summed E-state index contributed by atoms with van der Waals surface area (Å²) in [4.78, 5) is 15.1. The zero-order chi connectivity index (χ0) is 17.2. The zero-order valence-electron chi connectivity index (χ0n) is 14.4. The number of hydrogen-bond acceptors (Lipinski definition) is 3. The van der Waals surface area contributed by atoms with Crippen molar-refractivity contribution in [1.82, 2.24) is 15.0 Å². The van der Waals surface area contributed by atoms with Gasteiger partial charge in [0, 0.05) is 24.8 Å². The predicted molar refractivity (Wildman–Crippen MR) is 103 cm³/mol. The molecule has 0 bridgehead atoms. The van der Waals surface area contributed by atoms with Crippen molar-refractivity contribution in [2.45, 2.75) is 13.5 Å². The van der Waals surface area contributed by atoms with E-state index in [1.54, 1.807) is 0 Å². The number of nitrogens with zero attached hydrogens (tertiary/aromatic N) is 3. The number of fused-ring (bicyclic) bond motifs is 1. The molecule has 0 fully saturated rings. The number of aromatic amines is 1. The van der Waals surface area contributed by atoms with Gasteiger partial charge in [0.2, 0.25) is 0 Å². The van der Waals surface area contributed by atoms with Gasteiger partial charge in [0.15, 0.2) is 5.82 Å². The Morgan fingerprint density at radius 2 is 1.60 bits per heavy atom. The highest BCUT2D eigenvalue weighted by atomic mass is 15.2. The van der Waals surface area contributed by atoms with Gasteiger partial charge in [-0.1, -0.05) is 60.7 Å². The zero-order valence-corrected chi connectivity index (χ0v) is 14.4. The highest BCUT2D eigenvalue weighted by Crippen LogP contribution is 2.28. The number of nitrogens with one attached hydrogen (secondary N) is 1. The van der Waals surface area contributed by atoms with Crippen molar-refractivity contribution in [2.24, 2.45) is 0 Å². The van der Waals surface area contributed by atoms with Crippen molar-refractivity contribution >= 4 is 16.9 Å². The third-order valence-corrected chi connectivity index (χ3v) is 4.26. The highest BCUT2D eigenvalue weighted by molar-refractivity contribution is 5.89. The highest BCUT2D eigenvalue weighted by Gasteiger charge is 2.15. The SMILES string of the molecule is Cc1cc2c(N(C)Cc3ccccc3)nc(-c3ccccc3)nc2[nH]1. The minimum absolute atomic E-state index is 0.741. The molecule has 4 rings (SSSR count). The first-order valence-electron chi connectivity index (χ1n) is 8.38. The van der Waals surface area contributed by atoms with Gasteiger partial charge in [-0.05, 0) is 18.6 Å². The van der Waals surface area contributed by atoms with Gasteiger partial charge in [-0.15, -0.1) is 0 Å². The summed E-state index contributed by atoms with van der Waals surface area (Å²) in [5, 5.41) is 1.05. The normalized spacial score (nSPS) is 11.0. The Kier molecular flexibility index (Phi) is 3.94. The van der Waals surface area contributed by atoms with Gasteiger partial charge in [-0.3, -0.25) is 0 Å². The van der Waals surface area contributed by atoms with Crippen LogP contribution in [0.5, 0.6) is 0 Å². The van der Waals surface area contributed by atoms with E-state index in [1.807, 2.05) is 43.3 Å². The van der Waals surface area contributed by atoms with E-state index in [9.17, 15) is 0 Å². The fourth-order valence-corrected chi connectivity index (χ4v) is 3.06. The molecule has 4 heteroatoms. The number of rotatable bonds is 4. The molecule has 2 aromatic carbocycles. The predicted octanol–water partition coefficient (Wildman–Crippen LogP) is 4.57. The number of H-pyrrole nitrogens is 1. The van der Waals surface area contributed by atoms with Crippen LogP contribution < -0.4 is 4.90 Å². The Bertz CT molecular complexity index is 991. The summed E-state index contributed by atoms with van der Waals surface area (Å²) in [6.07, 6.45) is 0. The number of aryl methyl sites for hydroxylation is 1. The van der Waals surface area contributed by atoms with Crippen molar-refractivity contribution < 1.29 is 0 Å². The van der Waals surface area contributed by atoms with E-state index in [4.69, 9.17) is 9.97 Å². The molecular formula is C21H20N4. The van der Waals surface area contributed by atoms with E-state index in [-0.39, 0.29) is 0 Å². The Morgan fingerprint density at radius 3 is 2.32 bits per heavy atom. The molecule has 0 radical (unpaired) electrons. The molecule has 4 nitrogen and oxygen atoms in total. The number of benzene rings is 2. The summed E-state index contributed by atoms with van der Waals surface area (Å²) in [7, 11) is 2.08. The molecule has 2 aromatic heterocycles. The molecule has 0 aliphatic rings. The second-order valence-corrected chi connectivity index (χ2v) is 6.29. The number of hydrogen-bond donors (Lipinski definition) is 1. The molecule has 0 saturated carbocycles. The Morgan fingerprint density at radius 1 is 0.920 bits per heavy atom. The van der Waals surface area contributed by atoms with Crippen LogP contribution in [-0.4, -0.2) is 22.0 Å². The summed E-state index contributed by atoms with van der Waals surface area (Å²) in [6, 6.07) is 22.6. The van der Waals surface area contributed by atoms with Gasteiger partial charge >= 0.3 is 0 Å². The third kappa shape index (κ3) is 3.11. The molecule has 0 aliphatic heterocycles. The average molecular weight is 328 g/mol. The second kappa shape index (κ2) is 6.40. The lowest BCUT2D eigenvalue weighted by Gasteiger charge is -2.20. The van der Waals surface area contributed by atoms with E-state index < -0.39 is 0 Å². The molecule has 25 heavy (non-hydrogen) atoms. The lowest BCUT2D eigenvalue weighted by atomic mass is 10.2. The quantitative estimate of drug-likeness (QED) is 0.597. The van der Waals surface area contributed by atoms with Crippen LogP contribution in [-0.2, 0) is 6.54 Å². The van der Waals surface area contributed by atoms with Crippen molar-refractivity contribution in [3.63, 3.8) is 0 Å². The van der Waals surface area contributed by atoms with Crippen LogP contribution in [0.3, 0.4) is 0 Å². The lowest BCUT2D eigenvalue weighted by Crippen LogP contribution is -2.18. The van der Waals surface area contributed by atoms with Crippen LogP contribution in [0.4, 0.5) is 5.82 Å². The molecule has 2 heterocycles. The van der Waals surface area contributed by atoms with Crippen LogP contribution >= 0.6 is 0 Å². The third-order valence-electron chi connectivity index (χ3n) is 4.26. The van der Waals surface area contributed by atoms with Gasteiger partial charge in [-0.2, -0.15) is 0 Å². The van der Waals surface area contributed by atoms with Crippen LogP contribution in [0, 0.1) is 6.92 Å². The van der Waals surface area contributed by atoms with Gasteiger partial charge < -0.3 is 9.88 Å². The smallest absolute Gasteiger partial charge is 0.163 e. The Labute approximate surface area is 147 Å². The Balaban J connectivity index is 1.81. The first-order chi connectivity index (χ1) is 12.2. The molecule has 0 spiro atoms. The minimum Gasteiger partial charge on any atom is -0.355 e. The van der Waals surface area contributed by atoms with Crippen molar-refractivity contribution in [1.29, 1.82) is 0 Å². The summed E-state index contributed by atoms with van der Waals surface area (Å²) in [5.41, 5.74) is 4.24. The molecule has 0 unspecified atom stereocenters. The Hall–Kier alpha value is -3.14. The van der Waals surface area contributed by atoms with Gasteiger partial charge in [0.25, 0.3) is 0 Å². The average Bonchev–Trinajstić information content (AvgIpc) is 3.02. The van der Waals surface area contributed by atoms with E-state index in [0.717, 1.165) is 40.5 Å². The molecule has 4 aromatic rings. The summed E-state index contributed by atoms with van der Waals surface area (Å²) in [6.45, 7) is 2.84. The van der Waals surface area contributed by atoms with Crippen LogP contribution in [0.25, 0.3) is 22.4 Å². The summed E-state index contributed by atoms with van der Waals surface area (Å²) < 4.78 is 0. The van der Waals surface area contributed by atoms with E-state index >= 15 is 0 Å². The standard InChI is InChI=1S/C21H20N4/c1-15-13-18-20(22-15)23-19(17-11-7-4-8-12-17)24-21(18)25(2)14-16-9-5-3-6-10-16/h3-13H,14H2,1-2H3,(H,22,23,24). The largest absolute Gasteiger partial charge is 0.355 e. The molecular weight excluding hydrogens is 308 g/mol. The molecule has 0 amide bonds. The first-order valence-corrected chi connectivity index (χ1v) is 8.38. The maximum absolute atomic E-state index is 4.88. The van der Waals surface area contributed by atoms with Gasteiger partial charge in [-0.25, -0.2) is 9.97 Å². The van der Waals surface area contributed by atoms with Crippen LogP contribution in [0.1, 0.15) is 11.3 Å². The number of anilines is 1. The first kappa shape index (κ1) is 15.4. The van der Waals surface area contributed by atoms with E-state index in [2.05, 4.69) is 47.3 Å². The summed E-state index contributed by atoms with van der Waals surface area (Å²) >= 11 is 0. The molecule has 0 atom stereocenters. The van der Waals surface area contributed by atoms with Crippen molar-refractivity contribution in [3.05, 3.63) is 78.0 Å². The molecule has 0 saturated heterocycles. The van der Waals surface area contributed by atoms with Crippen LogP contribution in [0.15, 0.2) is 66.7 Å². The van der Waals surface area contributed by atoms with Gasteiger partial charge in [0.1, 0.15) is 11.5 Å². The maximum atomic E-state index is 4.88. The second-order valence-electron chi connectivity index (χ2n) is 6.29. The van der Waals surface area contributed by atoms with E-state index in [0.29, 0.717) is 0 Å². The van der Waals surface area contributed by atoms with Gasteiger partial charge in [0.05, 0.1) is 5.39 Å². The monoisotopic (exact) mass is 328 g/mol. The summed E-state index contributed by atoms with van der Waals surface area (Å²) in [5.74, 6) is 1.68.